The average Bonchev–Trinajstić information content (AvgIpc) is 2.55. The topological polar surface area (TPSA) is 67.4 Å². The summed E-state index contributed by atoms with van der Waals surface area (Å²) in [7, 11) is 1.30. The van der Waals surface area contributed by atoms with Gasteiger partial charge in [0.1, 0.15) is 0 Å². The van der Waals surface area contributed by atoms with E-state index in [0.29, 0.717) is 16.8 Å². The summed E-state index contributed by atoms with van der Waals surface area (Å²) < 4.78 is 5.58. The van der Waals surface area contributed by atoms with Gasteiger partial charge in [0.15, 0.2) is 5.11 Å². The lowest BCUT2D eigenvalue weighted by molar-refractivity contribution is 0.0602. The summed E-state index contributed by atoms with van der Waals surface area (Å²) in [5.74, 6) is -0.833. The van der Waals surface area contributed by atoms with Crippen LogP contribution in [0.25, 0.3) is 0 Å². The molecule has 0 saturated carbocycles. The van der Waals surface area contributed by atoms with Crippen LogP contribution in [0.4, 0.5) is 5.69 Å². The molecule has 1 amide bonds. The third kappa shape index (κ3) is 4.61. The second-order valence-corrected chi connectivity index (χ2v) is 5.78. The van der Waals surface area contributed by atoms with E-state index in [0.717, 1.165) is 4.47 Å². The van der Waals surface area contributed by atoms with E-state index in [4.69, 9.17) is 17.0 Å². The maximum absolute atomic E-state index is 12.1. The molecule has 7 heteroatoms. The van der Waals surface area contributed by atoms with E-state index in [1.165, 1.54) is 7.11 Å². The maximum atomic E-state index is 12.1. The van der Waals surface area contributed by atoms with Crippen LogP contribution < -0.4 is 10.6 Å². The Bertz CT molecular complexity index is 747. The Kier molecular flexibility index (Phi) is 5.84. The molecule has 5 nitrogen and oxygen atoms in total. The summed E-state index contributed by atoms with van der Waals surface area (Å²) in [6.45, 7) is 0. The predicted molar refractivity (Wildman–Crippen MR) is 95.6 cm³/mol. The first kappa shape index (κ1) is 17.1. The highest BCUT2D eigenvalue weighted by Gasteiger charge is 2.13. The van der Waals surface area contributed by atoms with Crippen LogP contribution in [0.15, 0.2) is 53.0 Å². The summed E-state index contributed by atoms with van der Waals surface area (Å²) in [6, 6.07) is 13.6. The Morgan fingerprint density at radius 3 is 2.39 bits per heavy atom. The zero-order valence-electron chi connectivity index (χ0n) is 12.1. The minimum absolute atomic E-state index is 0.0919. The maximum Gasteiger partial charge on any atom is 0.339 e. The monoisotopic (exact) mass is 392 g/mol. The van der Waals surface area contributed by atoms with Crippen molar-refractivity contribution in [3.63, 3.8) is 0 Å². The van der Waals surface area contributed by atoms with Crippen molar-refractivity contribution >= 4 is 50.8 Å². The summed E-state index contributed by atoms with van der Waals surface area (Å²) in [4.78, 5) is 23.8. The van der Waals surface area contributed by atoms with Gasteiger partial charge in [-0.05, 0) is 48.6 Å². The van der Waals surface area contributed by atoms with Crippen LogP contribution in [0.1, 0.15) is 20.7 Å². The van der Waals surface area contributed by atoms with Crippen molar-refractivity contribution in [2.24, 2.45) is 0 Å². The van der Waals surface area contributed by atoms with Crippen molar-refractivity contribution < 1.29 is 14.3 Å². The van der Waals surface area contributed by atoms with Crippen molar-refractivity contribution in [1.29, 1.82) is 0 Å². The molecule has 118 valence electrons. The molecule has 0 aliphatic rings. The first-order valence-corrected chi connectivity index (χ1v) is 7.76. The third-order valence-electron chi connectivity index (χ3n) is 2.91. The van der Waals surface area contributed by atoms with Gasteiger partial charge in [0.05, 0.1) is 18.4 Å². The third-order valence-corrected chi connectivity index (χ3v) is 3.65. The van der Waals surface area contributed by atoms with Gasteiger partial charge in [-0.15, -0.1) is 0 Å². The van der Waals surface area contributed by atoms with Gasteiger partial charge in [0, 0.05) is 10.0 Å². The molecule has 0 aromatic heterocycles. The number of carbonyl (C=O) groups is 2. The molecule has 2 aromatic rings. The number of rotatable bonds is 3. The Morgan fingerprint density at radius 2 is 1.74 bits per heavy atom. The number of esters is 1. The number of amides is 1. The van der Waals surface area contributed by atoms with Crippen LogP contribution in [0.2, 0.25) is 0 Å². The molecule has 0 fully saturated rings. The van der Waals surface area contributed by atoms with E-state index in [2.05, 4.69) is 26.6 Å². The highest BCUT2D eigenvalue weighted by Crippen LogP contribution is 2.16. The normalized spacial score (nSPS) is 9.83. The number of hydrogen-bond donors (Lipinski definition) is 2. The highest BCUT2D eigenvalue weighted by atomic mass is 79.9. The second kappa shape index (κ2) is 7.85. The molecule has 2 rings (SSSR count). The molecule has 0 aliphatic heterocycles. The minimum atomic E-state index is -0.491. The molecular formula is C16H13BrN2O3S. The Hall–Kier alpha value is -2.25. The van der Waals surface area contributed by atoms with E-state index >= 15 is 0 Å². The lowest BCUT2D eigenvalue weighted by atomic mass is 10.2. The van der Waals surface area contributed by atoms with E-state index in [9.17, 15) is 9.59 Å². The van der Waals surface area contributed by atoms with Crippen molar-refractivity contribution in [3.8, 4) is 0 Å². The summed E-state index contributed by atoms with van der Waals surface area (Å²) in [5, 5.41) is 5.48. The van der Waals surface area contributed by atoms with Crippen molar-refractivity contribution in [2.75, 3.05) is 12.4 Å². The highest BCUT2D eigenvalue weighted by molar-refractivity contribution is 9.10. The van der Waals surface area contributed by atoms with E-state index in [1.807, 2.05) is 0 Å². The summed E-state index contributed by atoms with van der Waals surface area (Å²) in [5.41, 5.74) is 1.26. The Balaban J connectivity index is 2.07. The van der Waals surface area contributed by atoms with Crippen molar-refractivity contribution in [3.05, 3.63) is 64.1 Å². The first-order valence-electron chi connectivity index (χ1n) is 6.56. The number of hydrogen-bond acceptors (Lipinski definition) is 4. The number of ether oxygens (including phenoxy) is 1. The van der Waals surface area contributed by atoms with Crippen molar-refractivity contribution in [2.45, 2.75) is 0 Å². The lowest BCUT2D eigenvalue weighted by Gasteiger charge is -2.12. The van der Waals surface area contributed by atoms with Crippen LogP contribution in [-0.2, 0) is 4.74 Å². The smallest absolute Gasteiger partial charge is 0.339 e. The van der Waals surface area contributed by atoms with Gasteiger partial charge in [-0.2, -0.15) is 0 Å². The quantitative estimate of drug-likeness (QED) is 0.619. The minimum Gasteiger partial charge on any atom is -0.465 e. The fraction of sp³-hybridized carbons (Fsp3) is 0.0625. The fourth-order valence-corrected chi connectivity index (χ4v) is 2.28. The number of benzene rings is 2. The molecule has 0 saturated heterocycles. The number of methoxy groups -OCH3 is 1. The van der Waals surface area contributed by atoms with Gasteiger partial charge in [0.2, 0.25) is 0 Å². The van der Waals surface area contributed by atoms with E-state index in [-0.39, 0.29) is 11.0 Å². The van der Waals surface area contributed by atoms with Crippen LogP contribution >= 0.6 is 28.1 Å². The largest absolute Gasteiger partial charge is 0.465 e. The van der Waals surface area contributed by atoms with Crippen LogP contribution in [0.5, 0.6) is 0 Å². The second-order valence-electron chi connectivity index (χ2n) is 4.45. The Labute approximate surface area is 147 Å². The number of carbonyl (C=O) groups excluding carboxylic acids is 2. The molecule has 0 heterocycles. The lowest BCUT2D eigenvalue weighted by Crippen LogP contribution is -2.34. The molecular weight excluding hydrogens is 380 g/mol. The zero-order chi connectivity index (χ0) is 16.8. The standard InChI is InChI=1S/C16H13BrN2O3S/c1-22-15(21)12-4-2-3-5-13(12)18-16(23)19-14(20)10-6-8-11(17)9-7-10/h2-9H,1H3,(H2,18,19,20,23). The van der Waals surface area contributed by atoms with E-state index < -0.39 is 5.97 Å². The van der Waals surface area contributed by atoms with Crippen molar-refractivity contribution in [1.82, 2.24) is 5.32 Å². The molecule has 0 unspecified atom stereocenters. The molecule has 2 N–H and O–H groups in total. The van der Waals surface area contributed by atoms with Gasteiger partial charge in [-0.3, -0.25) is 10.1 Å². The fourth-order valence-electron chi connectivity index (χ4n) is 1.81. The molecule has 0 spiro atoms. The Morgan fingerprint density at radius 1 is 1.09 bits per heavy atom. The summed E-state index contributed by atoms with van der Waals surface area (Å²) in [6.07, 6.45) is 0. The van der Waals surface area contributed by atoms with E-state index in [1.54, 1.807) is 48.5 Å². The number of nitrogens with one attached hydrogen (secondary N) is 2. The number of halogens is 1. The zero-order valence-corrected chi connectivity index (χ0v) is 14.5. The average molecular weight is 393 g/mol. The van der Waals surface area contributed by atoms with Gasteiger partial charge >= 0.3 is 5.97 Å². The molecule has 2 aromatic carbocycles. The molecule has 23 heavy (non-hydrogen) atoms. The van der Waals surface area contributed by atoms with Gasteiger partial charge < -0.3 is 10.1 Å². The van der Waals surface area contributed by atoms with Gasteiger partial charge in [0.25, 0.3) is 5.91 Å². The van der Waals surface area contributed by atoms with Gasteiger partial charge in [-0.25, -0.2) is 4.79 Å². The predicted octanol–water partition coefficient (Wildman–Crippen LogP) is 3.36. The number of para-hydroxylation sites is 1. The SMILES string of the molecule is COC(=O)c1ccccc1NC(=S)NC(=O)c1ccc(Br)cc1. The van der Waals surface area contributed by atoms with Crippen LogP contribution in [0, 0.1) is 0 Å². The van der Waals surface area contributed by atoms with Gasteiger partial charge in [-0.1, -0.05) is 28.1 Å². The number of anilines is 1. The van der Waals surface area contributed by atoms with Crippen LogP contribution in [0.3, 0.4) is 0 Å². The molecule has 0 radical (unpaired) electrons. The molecule has 0 aliphatic carbocycles. The first-order chi connectivity index (χ1) is 11.0. The summed E-state index contributed by atoms with van der Waals surface area (Å²) >= 11 is 8.42. The molecule has 0 atom stereocenters. The molecule has 0 bridgehead atoms. The number of thiocarbonyl (C=S) groups is 1. The van der Waals surface area contributed by atoms with Crippen LogP contribution in [-0.4, -0.2) is 24.1 Å².